The molecule has 1 aliphatic rings. The molecule has 0 amide bonds. The summed E-state index contributed by atoms with van der Waals surface area (Å²) in [7, 11) is 0. The molecule has 0 aromatic heterocycles. The summed E-state index contributed by atoms with van der Waals surface area (Å²) < 4.78 is 28.7. The average molecular weight is 211 g/mol. The van der Waals surface area contributed by atoms with Crippen molar-refractivity contribution in [1.82, 2.24) is 0 Å². The molecule has 0 fully saturated rings. The van der Waals surface area contributed by atoms with E-state index in [0.29, 0.717) is 5.69 Å². The van der Waals surface area contributed by atoms with Crippen molar-refractivity contribution in [2.75, 3.05) is 18.0 Å². The molecule has 15 heavy (non-hydrogen) atoms. The van der Waals surface area contributed by atoms with Gasteiger partial charge in [-0.3, -0.25) is 0 Å². The van der Waals surface area contributed by atoms with Crippen LogP contribution < -0.4 is 9.64 Å². The highest BCUT2D eigenvalue weighted by Gasteiger charge is 2.15. The van der Waals surface area contributed by atoms with Crippen LogP contribution in [-0.4, -0.2) is 19.7 Å². The Hall–Kier alpha value is -1.58. The van der Waals surface area contributed by atoms with Gasteiger partial charge in [0.1, 0.15) is 5.75 Å². The standard InChI is InChI=1S/C11H11F2NO/c12-11(13)15-10-6-2-1-5-9(10)14-7-3-4-8-14/h1-6,11H,7-8H2. The van der Waals surface area contributed by atoms with Gasteiger partial charge in [0.05, 0.1) is 5.69 Å². The van der Waals surface area contributed by atoms with E-state index in [9.17, 15) is 8.78 Å². The fourth-order valence-electron chi connectivity index (χ4n) is 1.59. The lowest BCUT2D eigenvalue weighted by molar-refractivity contribution is -0.0494. The van der Waals surface area contributed by atoms with E-state index >= 15 is 0 Å². The second kappa shape index (κ2) is 4.29. The zero-order chi connectivity index (χ0) is 10.7. The van der Waals surface area contributed by atoms with Crippen LogP contribution in [0.25, 0.3) is 0 Å². The molecule has 2 rings (SSSR count). The SMILES string of the molecule is FC(F)Oc1ccccc1N1CC=CC1. The van der Waals surface area contributed by atoms with Gasteiger partial charge in [-0.05, 0) is 12.1 Å². The Morgan fingerprint density at radius 1 is 1.13 bits per heavy atom. The molecule has 4 heteroatoms. The first-order valence-corrected chi connectivity index (χ1v) is 4.71. The Kier molecular flexibility index (Phi) is 2.85. The number of hydrogen-bond acceptors (Lipinski definition) is 2. The molecule has 80 valence electrons. The molecule has 1 aromatic carbocycles. The van der Waals surface area contributed by atoms with Crippen molar-refractivity contribution in [2.45, 2.75) is 6.61 Å². The predicted octanol–water partition coefficient (Wildman–Crippen LogP) is 2.66. The van der Waals surface area contributed by atoms with Crippen molar-refractivity contribution in [3.05, 3.63) is 36.4 Å². The lowest BCUT2D eigenvalue weighted by atomic mass is 10.2. The zero-order valence-electron chi connectivity index (χ0n) is 8.07. The third kappa shape index (κ3) is 2.26. The molecule has 1 heterocycles. The van der Waals surface area contributed by atoms with Gasteiger partial charge >= 0.3 is 6.61 Å². The summed E-state index contributed by atoms with van der Waals surface area (Å²) in [6, 6.07) is 6.83. The van der Waals surface area contributed by atoms with Crippen LogP contribution in [-0.2, 0) is 0 Å². The molecule has 0 saturated carbocycles. The molecule has 1 aliphatic heterocycles. The Balaban J connectivity index is 2.21. The number of anilines is 1. The average Bonchev–Trinajstić information content (AvgIpc) is 2.70. The van der Waals surface area contributed by atoms with E-state index in [-0.39, 0.29) is 5.75 Å². The first-order valence-electron chi connectivity index (χ1n) is 4.71. The molecule has 0 bridgehead atoms. The third-order valence-corrected chi connectivity index (χ3v) is 2.24. The largest absolute Gasteiger partial charge is 0.433 e. The van der Waals surface area contributed by atoms with Crippen molar-refractivity contribution >= 4 is 5.69 Å². The summed E-state index contributed by atoms with van der Waals surface area (Å²) in [6.45, 7) is -1.30. The van der Waals surface area contributed by atoms with Crippen LogP contribution in [0.1, 0.15) is 0 Å². The molecular formula is C11H11F2NO. The maximum absolute atomic E-state index is 12.1. The summed E-state index contributed by atoms with van der Waals surface area (Å²) >= 11 is 0. The summed E-state index contributed by atoms with van der Waals surface area (Å²) in [5, 5.41) is 0. The number of alkyl halides is 2. The van der Waals surface area contributed by atoms with Crippen LogP contribution >= 0.6 is 0 Å². The van der Waals surface area contributed by atoms with E-state index in [0.717, 1.165) is 13.1 Å². The Morgan fingerprint density at radius 2 is 1.80 bits per heavy atom. The molecule has 0 spiro atoms. The summed E-state index contributed by atoms with van der Waals surface area (Å²) in [5.74, 6) is 0.233. The van der Waals surface area contributed by atoms with Gasteiger partial charge in [0.25, 0.3) is 0 Å². The van der Waals surface area contributed by atoms with Gasteiger partial charge in [-0.2, -0.15) is 8.78 Å². The number of nitrogens with zero attached hydrogens (tertiary/aromatic N) is 1. The molecule has 1 aromatic rings. The first-order chi connectivity index (χ1) is 7.27. The lowest BCUT2D eigenvalue weighted by Crippen LogP contribution is -2.19. The summed E-state index contributed by atoms with van der Waals surface area (Å²) in [6.07, 6.45) is 4.00. The minimum Gasteiger partial charge on any atom is -0.433 e. The normalized spacial score (nSPS) is 15.0. The van der Waals surface area contributed by atoms with Gasteiger partial charge < -0.3 is 9.64 Å². The van der Waals surface area contributed by atoms with Gasteiger partial charge in [0.2, 0.25) is 0 Å². The van der Waals surface area contributed by atoms with Crippen LogP contribution in [0.15, 0.2) is 36.4 Å². The van der Waals surface area contributed by atoms with Crippen molar-refractivity contribution in [1.29, 1.82) is 0 Å². The monoisotopic (exact) mass is 211 g/mol. The number of halogens is 2. The number of para-hydroxylation sites is 2. The zero-order valence-corrected chi connectivity index (χ0v) is 8.07. The second-order valence-corrected chi connectivity index (χ2v) is 3.22. The fraction of sp³-hybridized carbons (Fsp3) is 0.273. The Morgan fingerprint density at radius 3 is 2.47 bits per heavy atom. The molecule has 0 saturated heterocycles. The van der Waals surface area contributed by atoms with Crippen molar-refractivity contribution < 1.29 is 13.5 Å². The number of ether oxygens (including phenoxy) is 1. The van der Waals surface area contributed by atoms with E-state index in [4.69, 9.17) is 0 Å². The Labute approximate surface area is 86.8 Å². The van der Waals surface area contributed by atoms with Crippen LogP contribution in [0.5, 0.6) is 5.75 Å². The van der Waals surface area contributed by atoms with Gasteiger partial charge in [-0.1, -0.05) is 24.3 Å². The number of benzene rings is 1. The molecule has 0 unspecified atom stereocenters. The predicted molar refractivity (Wildman–Crippen MR) is 54.4 cm³/mol. The third-order valence-electron chi connectivity index (χ3n) is 2.24. The molecule has 0 radical (unpaired) electrons. The molecule has 0 atom stereocenters. The van der Waals surface area contributed by atoms with Crippen LogP contribution in [0.3, 0.4) is 0 Å². The van der Waals surface area contributed by atoms with Crippen molar-refractivity contribution in [3.8, 4) is 5.75 Å². The van der Waals surface area contributed by atoms with E-state index in [1.807, 2.05) is 23.1 Å². The highest BCUT2D eigenvalue weighted by molar-refractivity contribution is 5.60. The smallest absolute Gasteiger partial charge is 0.387 e. The molecule has 2 nitrogen and oxygen atoms in total. The number of rotatable bonds is 3. The Bertz CT molecular complexity index is 357. The highest BCUT2D eigenvalue weighted by Crippen LogP contribution is 2.30. The van der Waals surface area contributed by atoms with Crippen molar-refractivity contribution in [3.63, 3.8) is 0 Å². The molecule has 0 aliphatic carbocycles. The van der Waals surface area contributed by atoms with Crippen molar-refractivity contribution in [2.24, 2.45) is 0 Å². The maximum Gasteiger partial charge on any atom is 0.387 e. The highest BCUT2D eigenvalue weighted by atomic mass is 19.3. The topological polar surface area (TPSA) is 12.5 Å². The minimum atomic E-state index is -2.78. The second-order valence-electron chi connectivity index (χ2n) is 3.22. The fourth-order valence-corrected chi connectivity index (χ4v) is 1.59. The van der Waals surface area contributed by atoms with Crippen LogP contribution in [0.2, 0.25) is 0 Å². The van der Waals surface area contributed by atoms with E-state index in [1.165, 1.54) is 0 Å². The van der Waals surface area contributed by atoms with E-state index in [1.54, 1.807) is 18.2 Å². The van der Waals surface area contributed by atoms with Gasteiger partial charge in [0, 0.05) is 13.1 Å². The quantitative estimate of drug-likeness (QED) is 0.713. The van der Waals surface area contributed by atoms with E-state index in [2.05, 4.69) is 4.74 Å². The molecular weight excluding hydrogens is 200 g/mol. The van der Waals surface area contributed by atoms with Crippen LogP contribution in [0, 0.1) is 0 Å². The summed E-state index contributed by atoms with van der Waals surface area (Å²) in [4.78, 5) is 1.97. The lowest BCUT2D eigenvalue weighted by Gasteiger charge is -2.20. The number of hydrogen-bond donors (Lipinski definition) is 0. The summed E-state index contributed by atoms with van der Waals surface area (Å²) in [5.41, 5.74) is 0.711. The van der Waals surface area contributed by atoms with Gasteiger partial charge in [0.15, 0.2) is 0 Å². The maximum atomic E-state index is 12.1. The molecule has 0 N–H and O–H groups in total. The van der Waals surface area contributed by atoms with Crippen LogP contribution in [0.4, 0.5) is 14.5 Å². The van der Waals surface area contributed by atoms with Gasteiger partial charge in [-0.25, -0.2) is 0 Å². The minimum absolute atomic E-state index is 0.233. The first kappa shape index (κ1) is 9.96. The van der Waals surface area contributed by atoms with E-state index < -0.39 is 6.61 Å². The van der Waals surface area contributed by atoms with Gasteiger partial charge in [-0.15, -0.1) is 0 Å².